The van der Waals surface area contributed by atoms with Crippen molar-refractivity contribution in [3.05, 3.63) is 16.1 Å². The molecule has 0 amide bonds. The van der Waals surface area contributed by atoms with Crippen LogP contribution >= 0.6 is 11.3 Å². The van der Waals surface area contributed by atoms with Gasteiger partial charge in [-0.2, -0.15) is 0 Å². The van der Waals surface area contributed by atoms with Gasteiger partial charge in [-0.25, -0.2) is 4.98 Å². The van der Waals surface area contributed by atoms with E-state index in [0.717, 1.165) is 44.1 Å². The summed E-state index contributed by atoms with van der Waals surface area (Å²) in [6.45, 7) is 9.93. The topological polar surface area (TPSA) is 40.5 Å². The summed E-state index contributed by atoms with van der Waals surface area (Å²) in [5.74, 6) is 1.06. The predicted octanol–water partition coefficient (Wildman–Crippen LogP) is 3.08. The summed E-state index contributed by atoms with van der Waals surface area (Å²) in [5.41, 5.74) is 1.56. The largest absolute Gasteiger partial charge is 0.356 e. The first-order valence-electron chi connectivity index (χ1n) is 7.87. The fourth-order valence-electron chi connectivity index (χ4n) is 2.74. The van der Waals surface area contributed by atoms with Crippen molar-refractivity contribution in [2.45, 2.75) is 46.5 Å². The molecule has 0 bridgehead atoms. The first kappa shape index (κ1) is 16.3. The summed E-state index contributed by atoms with van der Waals surface area (Å²) in [7, 11) is 1.88. The third-order valence-corrected chi connectivity index (χ3v) is 4.98. The Hall–Kier alpha value is -1.10. The van der Waals surface area contributed by atoms with Gasteiger partial charge in [-0.3, -0.25) is 4.99 Å². The van der Waals surface area contributed by atoms with Crippen LogP contribution < -0.4 is 5.32 Å². The molecule has 118 valence electrons. The van der Waals surface area contributed by atoms with Crippen LogP contribution in [0.3, 0.4) is 0 Å². The van der Waals surface area contributed by atoms with Crippen LogP contribution in [-0.4, -0.2) is 42.5 Å². The van der Waals surface area contributed by atoms with Crippen LogP contribution in [0.1, 0.15) is 43.8 Å². The molecule has 1 aromatic rings. The molecule has 1 saturated heterocycles. The van der Waals surface area contributed by atoms with Crippen LogP contribution in [0.2, 0.25) is 0 Å². The van der Waals surface area contributed by atoms with Gasteiger partial charge in [0.2, 0.25) is 0 Å². The molecular formula is C16H28N4S. The fourth-order valence-corrected chi connectivity index (χ4v) is 3.56. The molecule has 0 aliphatic carbocycles. The van der Waals surface area contributed by atoms with Crippen molar-refractivity contribution >= 4 is 17.3 Å². The van der Waals surface area contributed by atoms with Gasteiger partial charge < -0.3 is 10.2 Å². The van der Waals surface area contributed by atoms with Crippen molar-refractivity contribution in [1.82, 2.24) is 15.2 Å². The maximum absolute atomic E-state index is 4.50. The molecule has 1 fully saturated rings. The molecular weight excluding hydrogens is 280 g/mol. The molecule has 1 aromatic heterocycles. The maximum Gasteiger partial charge on any atom is 0.193 e. The minimum absolute atomic E-state index is 0.417. The molecule has 1 aliphatic heterocycles. The van der Waals surface area contributed by atoms with E-state index in [1.54, 1.807) is 11.3 Å². The molecule has 5 heteroatoms. The number of aromatic nitrogens is 1. The Balaban J connectivity index is 1.65. The van der Waals surface area contributed by atoms with Gasteiger partial charge in [0.05, 0.1) is 5.01 Å². The zero-order valence-electron chi connectivity index (χ0n) is 13.8. The van der Waals surface area contributed by atoms with Crippen molar-refractivity contribution in [2.75, 3.05) is 26.7 Å². The maximum atomic E-state index is 4.50. The van der Waals surface area contributed by atoms with E-state index in [-0.39, 0.29) is 0 Å². The number of unbranched alkanes of at least 4 members (excludes halogenated alkanes) is 1. The van der Waals surface area contributed by atoms with E-state index in [1.807, 2.05) is 7.05 Å². The number of likely N-dealkylation sites (tertiary alicyclic amines) is 1. The molecule has 0 unspecified atom stereocenters. The number of nitrogens with zero attached hydrogens (tertiary/aromatic N) is 3. The van der Waals surface area contributed by atoms with Crippen LogP contribution in [-0.2, 0) is 6.42 Å². The first-order chi connectivity index (χ1) is 10.00. The molecule has 4 nitrogen and oxygen atoms in total. The third kappa shape index (κ3) is 4.99. The fraction of sp³-hybridized carbons (Fsp3) is 0.750. The van der Waals surface area contributed by atoms with Crippen molar-refractivity contribution in [3.63, 3.8) is 0 Å². The van der Waals surface area contributed by atoms with Crippen LogP contribution in [0, 0.1) is 12.3 Å². The average Bonchev–Trinajstić information content (AvgIpc) is 3.00. The van der Waals surface area contributed by atoms with E-state index < -0.39 is 0 Å². The van der Waals surface area contributed by atoms with Crippen molar-refractivity contribution in [2.24, 2.45) is 10.4 Å². The monoisotopic (exact) mass is 308 g/mol. The van der Waals surface area contributed by atoms with E-state index in [4.69, 9.17) is 0 Å². The van der Waals surface area contributed by atoms with Gasteiger partial charge in [-0.15, -0.1) is 11.3 Å². The number of aliphatic imine (C=N–C) groups is 1. The number of thiazole rings is 1. The highest BCUT2D eigenvalue weighted by Crippen LogP contribution is 2.28. The lowest BCUT2D eigenvalue weighted by molar-refractivity contribution is 0.370. The quantitative estimate of drug-likeness (QED) is 0.516. The Morgan fingerprint density at radius 2 is 2.29 bits per heavy atom. The van der Waals surface area contributed by atoms with Crippen molar-refractivity contribution in [3.8, 4) is 0 Å². The summed E-state index contributed by atoms with van der Waals surface area (Å²) in [6, 6.07) is 0. The molecule has 21 heavy (non-hydrogen) atoms. The first-order valence-corrected chi connectivity index (χ1v) is 8.75. The third-order valence-electron chi connectivity index (χ3n) is 3.96. The summed E-state index contributed by atoms with van der Waals surface area (Å²) < 4.78 is 0. The number of hydrogen-bond acceptors (Lipinski definition) is 3. The smallest absolute Gasteiger partial charge is 0.193 e. The van der Waals surface area contributed by atoms with Crippen molar-refractivity contribution in [1.29, 1.82) is 0 Å². The van der Waals surface area contributed by atoms with Gasteiger partial charge in [-0.1, -0.05) is 13.8 Å². The van der Waals surface area contributed by atoms with Gasteiger partial charge in [-0.05, 0) is 38.0 Å². The Kier molecular flexibility index (Phi) is 5.62. The lowest BCUT2D eigenvalue weighted by atomic mass is 9.93. The highest BCUT2D eigenvalue weighted by atomic mass is 32.1. The summed E-state index contributed by atoms with van der Waals surface area (Å²) >= 11 is 1.78. The van der Waals surface area contributed by atoms with Crippen LogP contribution in [0.4, 0.5) is 0 Å². The zero-order valence-corrected chi connectivity index (χ0v) is 14.6. The Labute approximate surface area is 132 Å². The van der Waals surface area contributed by atoms with Gasteiger partial charge in [0.25, 0.3) is 0 Å². The molecule has 0 spiro atoms. The van der Waals surface area contributed by atoms with Crippen LogP contribution in [0.15, 0.2) is 10.4 Å². The molecule has 2 heterocycles. The number of nitrogens with one attached hydrogen (secondary N) is 1. The predicted molar refractivity (Wildman–Crippen MR) is 91.1 cm³/mol. The highest BCUT2D eigenvalue weighted by molar-refractivity contribution is 7.09. The van der Waals surface area contributed by atoms with Crippen LogP contribution in [0.5, 0.6) is 0 Å². The molecule has 1 aliphatic rings. The highest BCUT2D eigenvalue weighted by Gasteiger charge is 2.30. The SMILES string of the molecule is CN=C(NCCCCc1nc(C)cs1)N1CCC(C)(C)C1. The van der Waals surface area contributed by atoms with Gasteiger partial charge in [0.15, 0.2) is 5.96 Å². The summed E-state index contributed by atoms with van der Waals surface area (Å²) in [4.78, 5) is 11.3. The lowest BCUT2D eigenvalue weighted by Crippen LogP contribution is -2.41. The van der Waals surface area contributed by atoms with E-state index in [9.17, 15) is 0 Å². The van der Waals surface area contributed by atoms with E-state index in [1.165, 1.54) is 17.8 Å². The minimum Gasteiger partial charge on any atom is -0.356 e. The van der Waals surface area contributed by atoms with Gasteiger partial charge >= 0.3 is 0 Å². The van der Waals surface area contributed by atoms with Gasteiger partial charge in [0.1, 0.15) is 0 Å². The second kappa shape index (κ2) is 7.25. The normalized spacial score (nSPS) is 18.3. The van der Waals surface area contributed by atoms with E-state index >= 15 is 0 Å². The zero-order chi connectivity index (χ0) is 15.3. The Bertz CT molecular complexity index is 478. The molecule has 1 N–H and O–H groups in total. The molecule has 0 radical (unpaired) electrons. The van der Waals surface area contributed by atoms with E-state index in [2.05, 4.69) is 46.3 Å². The number of aryl methyl sites for hydroxylation is 2. The van der Waals surface area contributed by atoms with E-state index in [0.29, 0.717) is 5.41 Å². The lowest BCUT2D eigenvalue weighted by Gasteiger charge is -2.23. The second-order valence-corrected chi connectivity index (χ2v) is 7.59. The second-order valence-electron chi connectivity index (χ2n) is 6.65. The van der Waals surface area contributed by atoms with Crippen molar-refractivity contribution < 1.29 is 0 Å². The summed E-state index contributed by atoms with van der Waals surface area (Å²) in [6.07, 6.45) is 4.68. The Morgan fingerprint density at radius 3 is 2.86 bits per heavy atom. The van der Waals surface area contributed by atoms with Crippen LogP contribution in [0.25, 0.3) is 0 Å². The summed E-state index contributed by atoms with van der Waals surface area (Å²) in [5, 5.41) is 6.89. The number of rotatable bonds is 5. The molecule has 0 saturated carbocycles. The van der Waals surface area contributed by atoms with Gasteiger partial charge in [0, 0.05) is 37.8 Å². The minimum atomic E-state index is 0.417. The molecule has 0 atom stereocenters. The number of guanidine groups is 1. The molecule has 0 aromatic carbocycles. The molecule has 2 rings (SSSR count). The average molecular weight is 308 g/mol. The Morgan fingerprint density at radius 1 is 1.48 bits per heavy atom. The standard InChI is InChI=1S/C16H28N4S/c1-13-11-21-14(19-13)7-5-6-9-18-15(17-4)20-10-8-16(2,3)12-20/h11H,5-10,12H2,1-4H3,(H,17,18). The number of hydrogen-bond donors (Lipinski definition) is 1.